The minimum Gasteiger partial charge on any atom is -0.391 e. The lowest BCUT2D eigenvalue weighted by atomic mass is 10.2. The van der Waals surface area contributed by atoms with Gasteiger partial charge in [0.2, 0.25) is 0 Å². The molecular formula is C17H39N3O16S4Si. The molecule has 24 heteroatoms. The predicted octanol–water partition coefficient (Wildman–Crippen LogP) is -4.24. The minimum atomic E-state index is -4.65. The molecule has 1 saturated heterocycles. The van der Waals surface area contributed by atoms with Crippen LogP contribution in [0.15, 0.2) is 0 Å². The largest absolute Gasteiger partial charge is 0.485 e. The molecule has 246 valence electrons. The average Bonchev–Trinajstić information content (AvgIpc) is 2.75. The van der Waals surface area contributed by atoms with E-state index in [0.717, 1.165) is 0 Å². The van der Waals surface area contributed by atoms with Crippen LogP contribution >= 0.6 is 0 Å². The highest BCUT2D eigenvalue weighted by Gasteiger charge is 2.34. The van der Waals surface area contributed by atoms with Crippen molar-refractivity contribution in [1.29, 1.82) is 0 Å². The fourth-order valence-electron chi connectivity index (χ4n) is 3.86. The van der Waals surface area contributed by atoms with Crippen LogP contribution in [0.2, 0.25) is 0 Å². The van der Waals surface area contributed by atoms with E-state index in [4.69, 9.17) is 23.6 Å². The third-order valence-corrected chi connectivity index (χ3v) is 10.6. The standard InChI is InChI=1S/C17H39N3O16S4Si/c1-2-15(11-38(25,26)27)34-41(35-16(7-18)12-39(28,29)30)36-17(13-40(31,32)33)9-20-5-3-19(4-6-20)8-14(21)10-37(22,23)24/h14-17,21,41H,2-13,18H2,1H3,(H,22,23,24)(H,25,26,27)(H,28,29,30)(H,31,32,33). The predicted molar refractivity (Wildman–Crippen MR) is 146 cm³/mol. The van der Waals surface area contributed by atoms with Gasteiger partial charge in [-0.1, -0.05) is 6.92 Å². The smallest absolute Gasteiger partial charge is 0.391 e. The Labute approximate surface area is 241 Å². The van der Waals surface area contributed by atoms with Crippen molar-refractivity contribution in [3.05, 3.63) is 0 Å². The van der Waals surface area contributed by atoms with Crippen molar-refractivity contribution in [1.82, 2.24) is 9.80 Å². The van der Waals surface area contributed by atoms with Crippen LogP contribution in [-0.2, 0) is 53.8 Å². The summed E-state index contributed by atoms with van der Waals surface area (Å²) in [4.78, 5) is 3.41. The normalized spacial score (nSPS) is 20.4. The maximum Gasteiger partial charge on any atom is 0.485 e. The first-order chi connectivity index (χ1) is 18.6. The maximum atomic E-state index is 11.7. The molecule has 19 nitrogen and oxygen atoms in total. The zero-order chi connectivity index (χ0) is 31.6. The van der Waals surface area contributed by atoms with Gasteiger partial charge >= 0.3 is 9.53 Å². The zero-order valence-electron chi connectivity index (χ0n) is 22.2. The molecule has 0 amide bonds. The molecule has 0 aromatic carbocycles. The summed E-state index contributed by atoms with van der Waals surface area (Å²) in [6, 6.07) is 0. The van der Waals surface area contributed by atoms with Gasteiger partial charge in [0, 0.05) is 45.8 Å². The van der Waals surface area contributed by atoms with E-state index in [9.17, 15) is 52.4 Å². The minimum absolute atomic E-state index is 0.00988. The van der Waals surface area contributed by atoms with E-state index in [1.807, 2.05) is 0 Å². The summed E-state index contributed by atoms with van der Waals surface area (Å²) in [7, 11) is -21.8. The summed E-state index contributed by atoms with van der Waals surface area (Å²) in [5.74, 6) is -3.68. The molecule has 0 bridgehead atoms. The Hall–Kier alpha value is -0.423. The highest BCUT2D eigenvalue weighted by atomic mass is 32.2. The molecule has 0 aromatic rings. The van der Waals surface area contributed by atoms with Gasteiger partial charge in [0.25, 0.3) is 40.5 Å². The molecule has 0 aliphatic carbocycles. The van der Waals surface area contributed by atoms with Crippen molar-refractivity contribution in [3.8, 4) is 0 Å². The molecule has 0 aromatic heterocycles. The van der Waals surface area contributed by atoms with Crippen LogP contribution in [-0.4, -0.2) is 170 Å². The number of rotatable bonds is 20. The Balaban J connectivity index is 3.04. The molecule has 1 aliphatic heterocycles. The summed E-state index contributed by atoms with van der Waals surface area (Å²) >= 11 is 0. The monoisotopic (exact) mass is 697 g/mol. The number of aliphatic hydroxyl groups is 1. The number of nitrogens with zero attached hydrogens (tertiary/aromatic N) is 2. The van der Waals surface area contributed by atoms with Gasteiger partial charge in [-0.25, -0.2) is 0 Å². The van der Waals surface area contributed by atoms with Crippen molar-refractivity contribution in [2.24, 2.45) is 5.73 Å². The SMILES string of the molecule is CCC(CS(=O)(=O)O)O[SiH](OC(CN)CS(=O)(=O)O)OC(CN1CCN(CC(O)CS(=O)(=O)O)CC1)CS(=O)(=O)O. The Morgan fingerprint density at radius 3 is 1.44 bits per heavy atom. The zero-order valence-corrected chi connectivity index (χ0v) is 26.6. The summed E-state index contributed by atoms with van der Waals surface area (Å²) in [6.45, 7) is 1.98. The highest BCUT2D eigenvalue weighted by molar-refractivity contribution is 7.86. The van der Waals surface area contributed by atoms with E-state index in [1.165, 1.54) is 6.92 Å². The van der Waals surface area contributed by atoms with Crippen LogP contribution < -0.4 is 5.73 Å². The van der Waals surface area contributed by atoms with Gasteiger partial charge in [0.15, 0.2) is 0 Å². The lowest BCUT2D eigenvalue weighted by molar-refractivity contribution is 0.00643. The number of hydrogen-bond donors (Lipinski definition) is 6. The molecule has 1 aliphatic rings. The summed E-state index contributed by atoms with van der Waals surface area (Å²) in [5.41, 5.74) is 5.52. The summed E-state index contributed by atoms with van der Waals surface area (Å²) in [5, 5.41) is 9.85. The number of nitrogens with two attached hydrogens (primary N) is 1. The second kappa shape index (κ2) is 16.6. The van der Waals surface area contributed by atoms with E-state index < -0.39 is 104 Å². The molecule has 5 atom stereocenters. The fourth-order valence-corrected chi connectivity index (χ4v) is 8.81. The Morgan fingerprint density at radius 1 is 0.659 bits per heavy atom. The molecular weight excluding hydrogens is 659 g/mol. The molecule has 0 saturated carbocycles. The van der Waals surface area contributed by atoms with Crippen LogP contribution in [0.25, 0.3) is 0 Å². The number of β-amino-alcohol motifs (C(OH)–C–C–N with tert-alkyl or cyclic N) is 1. The Kier molecular flexibility index (Phi) is 15.6. The van der Waals surface area contributed by atoms with Gasteiger partial charge < -0.3 is 24.1 Å². The quantitative estimate of drug-likeness (QED) is 0.0518. The molecule has 0 radical (unpaired) electrons. The highest BCUT2D eigenvalue weighted by Crippen LogP contribution is 2.14. The second-order valence-electron chi connectivity index (χ2n) is 9.46. The lowest BCUT2D eigenvalue weighted by Crippen LogP contribution is -2.53. The second-order valence-corrected chi connectivity index (χ2v) is 16.8. The van der Waals surface area contributed by atoms with Gasteiger partial charge in [-0.3, -0.25) is 28.0 Å². The first-order valence-electron chi connectivity index (χ1n) is 12.2. The number of aliphatic hydroxyl groups excluding tert-OH is 1. The first kappa shape index (κ1) is 38.6. The van der Waals surface area contributed by atoms with Crippen molar-refractivity contribution < 1.29 is 70.3 Å². The van der Waals surface area contributed by atoms with E-state index in [2.05, 4.69) is 0 Å². The Bertz CT molecular complexity index is 1180. The molecule has 1 rings (SSSR count). The molecule has 0 spiro atoms. The molecule has 1 heterocycles. The van der Waals surface area contributed by atoms with E-state index in [0.29, 0.717) is 13.1 Å². The molecule has 7 N–H and O–H groups in total. The van der Waals surface area contributed by atoms with Crippen LogP contribution in [0.1, 0.15) is 13.3 Å². The van der Waals surface area contributed by atoms with Crippen LogP contribution in [0.3, 0.4) is 0 Å². The van der Waals surface area contributed by atoms with E-state index in [1.54, 1.807) is 9.80 Å². The molecule has 5 unspecified atom stereocenters. The fraction of sp³-hybridized carbons (Fsp3) is 1.00. The van der Waals surface area contributed by atoms with Crippen molar-refractivity contribution in [2.45, 2.75) is 37.8 Å². The van der Waals surface area contributed by atoms with Gasteiger partial charge in [-0.05, 0) is 6.42 Å². The summed E-state index contributed by atoms with van der Waals surface area (Å²) in [6.07, 6.45) is -5.29. The van der Waals surface area contributed by atoms with Gasteiger partial charge in [-0.15, -0.1) is 0 Å². The maximum absolute atomic E-state index is 11.7. The average molecular weight is 698 g/mol. The van der Waals surface area contributed by atoms with Crippen molar-refractivity contribution >= 4 is 50.0 Å². The summed E-state index contributed by atoms with van der Waals surface area (Å²) < 4.78 is 144. The van der Waals surface area contributed by atoms with Crippen LogP contribution in [0.4, 0.5) is 0 Å². The number of piperazine rings is 1. The Morgan fingerprint density at radius 2 is 1.02 bits per heavy atom. The van der Waals surface area contributed by atoms with Gasteiger partial charge in [-0.2, -0.15) is 33.7 Å². The van der Waals surface area contributed by atoms with Crippen molar-refractivity contribution in [2.75, 3.05) is 68.8 Å². The third kappa shape index (κ3) is 19.5. The van der Waals surface area contributed by atoms with E-state index >= 15 is 0 Å². The van der Waals surface area contributed by atoms with E-state index in [-0.39, 0.29) is 32.6 Å². The number of hydrogen-bond acceptors (Lipinski definition) is 15. The van der Waals surface area contributed by atoms with Crippen molar-refractivity contribution in [3.63, 3.8) is 0 Å². The third-order valence-electron chi connectivity index (χ3n) is 5.62. The van der Waals surface area contributed by atoms with Gasteiger partial charge in [0.05, 0.1) is 24.4 Å². The van der Waals surface area contributed by atoms with Crippen LogP contribution in [0, 0.1) is 0 Å². The molecule has 41 heavy (non-hydrogen) atoms. The first-order valence-corrected chi connectivity index (χ1v) is 20.0. The topological polar surface area (TPSA) is 298 Å². The van der Waals surface area contributed by atoms with Crippen LogP contribution in [0.5, 0.6) is 0 Å². The van der Waals surface area contributed by atoms with Gasteiger partial charge in [0.1, 0.15) is 23.0 Å². The lowest BCUT2D eigenvalue weighted by Gasteiger charge is -2.37. The molecule has 1 fully saturated rings.